The number of carbonyl (C=O) groups is 1. The summed E-state index contributed by atoms with van der Waals surface area (Å²) in [6, 6.07) is 9.90. The molecule has 4 unspecified atom stereocenters. The van der Waals surface area contributed by atoms with Crippen LogP contribution in [-0.4, -0.2) is 38.4 Å². The summed E-state index contributed by atoms with van der Waals surface area (Å²) in [5, 5.41) is 6.36. The maximum absolute atomic E-state index is 15.5. The fourth-order valence-electron chi connectivity index (χ4n) is 5.62. The number of fused-ring (bicyclic) bond motifs is 1. The third-order valence-corrected chi connectivity index (χ3v) is 9.74. The van der Waals surface area contributed by atoms with Crippen molar-refractivity contribution in [2.24, 2.45) is 11.8 Å². The molecule has 1 aliphatic heterocycles. The van der Waals surface area contributed by atoms with E-state index in [1.54, 1.807) is 18.2 Å². The normalized spacial score (nSPS) is 23.7. The molecule has 2 heterocycles. The topological polar surface area (TPSA) is 111 Å². The zero-order chi connectivity index (χ0) is 26.3. The second-order valence-electron chi connectivity index (χ2n) is 9.63. The largest absolute Gasteiger partial charge is 0.496 e. The number of piperidine rings is 1. The number of nitrogens with zero attached hydrogens (tertiary/aromatic N) is 1. The summed E-state index contributed by atoms with van der Waals surface area (Å²) in [5.41, 5.74) is 2.57. The molecule has 3 aromatic rings. The van der Waals surface area contributed by atoms with Crippen LogP contribution < -0.4 is 14.8 Å². The first kappa shape index (κ1) is 25.5. The van der Waals surface area contributed by atoms with Gasteiger partial charge in [0.25, 0.3) is 0 Å². The van der Waals surface area contributed by atoms with Crippen molar-refractivity contribution in [3.8, 4) is 16.9 Å². The van der Waals surface area contributed by atoms with Crippen molar-refractivity contribution < 1.29 is 26.9 Å². The molecule has 4 atom stereocenters. The minimum Gasteiger partial charge on any atom is -0.496 e. The molecule has 1 saturated carbocycles. The number of halogens is 2. The summed E-state index contributed by atoms with van der Waals surface area (Å²) in [7, 11) is -2.24. The third kappa shape index (κ3) is 4.92. The third-order valence-electron chi connectivity index (χ3n) is 7.52. The second kappa shape index (κ2) is 9.98. The van der Waals surface area contributed by atoms with E-state index in [4.69, 9.17) is 20.9 Å². The highest BCUT2D eigenvalue weighted by atomic mass is 35.5. The number of aromatic nitrogens is 1. The number of benzene rings is 2. The van der Waals surface area contributed by atoms with Gasteiger partial charge >= 0.3 is 0 Å². The van der Waals surface area contributed by atoms with Gasteiger partial charge in [0.2, 0.25) is 15.9 Å². The van der Waals surface area contributed by atoms with Gasteiger partial charge in [0.05, 0.1) is 12.4 Å². The number of ether oxygens (including phenoxy) is 1. The van der Waals surface area contributed by atoms with Crippen LogP contribution >= 0.6 is 11.6 Å². The monoisotopic (exact) mass is 547 g/mol. The first-order valence-electron chi connectivity index (χ1n) is 12.0. The van der Waals surface area contributed by atoms with E-state index in [9.17, 15) is 13.2 Å². The average Bonchev–Trinajstić information content (AvgIpc) is 3.38. The molecule has 1 aromatic heterocycles. The van der Waals surface area contributed by atoms with Crippen LogP contribution in [-0.2, 0) is 14.8 Å². The molecule has 11 heteroatoms. The van der Waals surface area contributed by atoms with E-state index in [0.29, 0.717) is 46.8 Å². The van der Waals surface area contributed by atoms with Crippen molar-refractivity contribution in [2.45, 2.75) is 37.4 Å². The number of rotatable bonds is 6. The summed E-state index contributed by atoms with van der Waals surface area (Å²) >= 11 is 6.14. The lowest BCUT2D eigenvalue weighted by Crippen LogP contribution is -2.51. The lowest BCUT2D eigenvalue weighted by molar-refractivity contribution is -0.130. The van der Waals surface area contributed by atoms with Crippen LogP contribution in [0, 0.1) is 24.6 Å². The van der Waals surface area contributed by atoms with Crippen LogP contribution in [0.25, 0.3) is 11.1 Å². The smallest absolute Gasteiger partial charge is 0.236 e. The van der Waals surface area contributed by atoms with Crippen molar-refractivity contribution in [2.75, 3.05) is 18.4 Å². The highest BCUT2D eigenvalue weighted by Crippen LogP contribution is 2.47. The van der Waals surface area contributed by atoms with Crippen molar-refractivity contribution in [1.82, 2.24) is 10.5 Å². The molecule has 2 N–H and O–H groups in total. The Morgan fingerprint density at radius 2 is 2.00 bits per heavy atom. The van der Waals surface area contributed by atoms with Crippen LogP contribution in [0.1, 0.15) is 36.3 Å². The van der Waals surface area contributed by atoms with Gasteiger partial charge in [-0.05, 0) is 67.5 Å². The SMILES string of the molecule is COc1cc(-c2ccc(Cl)c(C)c2)c(F)cc1C1CNC(=O)C2CC(S(=O)(=O)Nc3ccon3)CCC21. The minimum absolute atomic E-state index is 0.101. The Hall–Kier alpha value is -3.11. The Kier molecular flexibility index (Phi) is 6.89. The standard InChI is InChI=1S/C26H27ClFN3O5S/c1-14-9-15(3-6-22(14)27)18-12-24(35-2)19(11-23(18)28)21-13-29-26(32)20-10-16(4-5-17(20)21)37(33,34)31-25-7-8-36-30-25/h3,6-9,11-12,16-17,20-21H,4-5,10,13H2,1-2H3,(H,29,32)(H,30,31). The molecule has 1 aliphatic carbocycles. The van der Waals surface area contributed by atoms with E-state index in [0.717, 1.165) is 5.56 Å². The predicted octanol–water partition coefficient (Wildman–Crippen LogP) is 4.89. The molecule has 8 nitrogen and oxygen atoms in total. The highest BCUT2D eigenvalue weighted by molar-refractivity contribution is 7.93. The van der Waals surface area contributed by atoms with Gasteiger partial charge in [-0.3, -0.25) is 9.52 Å². The molecular weight excluding hydrogens is 521 g/mol. The van der Waals surface area contributed by atoms with Gasteiger partial charge in [0.1, 0.15) is 17.8 Å². The maximum Gasteiger partial charge on any atom is 0.236 e. The Morgan fingerprint density at radius 1 is 1.19 bits per heavy atom. The molecule has 2 aliphatic rings. The predicted molar refractivity (Wildman–Crippen MR) is 138 cm³/mol. The average molecular weight is 548 g/mol. The zero-order valence-corrected chi connectivity index (χ0v) is 21.9. The first-order chi connectivity index (χ1) is 17.7. The van der Waals surface area contributed by atoms with Gasteiger partial charge in [0, 0.05) is 40.6 Å². The van der Waals surface area contributed by atoms with E-state index < -0.39 is 27.0 Å². The summed E-state index contributed by atoms with van der Waals surface area (Å²) in [6.45, 7) is 2.18. The fraction of sp³-hybridized carbons (Fsp3) is 0.385. The van der Waals surface area contributed by atoms with E-state index in [-0.39, 0.29) is 30.0 Å². The Labute approximate surface area is 219 Å². The maximum atomic E-state index is 15.5. The van der Waals surface area contributed by atoms with E-state index >= 15 is 4.39 Å². The molecule has 0 spiro atoms. The molecule has 37 heavy (non-hydrogen) atoms. The van der Waals surface area contributed by atoms with Gasteiger partial charge in [-0.2, -0.15) is 0 Å². The summed E-state index contributed by atoms with van der Waals surface area (Å²) < 4.78 is 54.2. The molecule has 0 bridgehead atoms. The number of nitrogens with one attached hydrogen (secondary N) is 2. The van der Waals surface area contributed by atoms with E-state index in [1.807, 2.05) is 13.0 Å². The molecule has 5 rings (SSSR count). The molecule has 196 valence electrons. The number of amides is 1. The van der Waals surface area contributed by atoms with Crippen molar-refractivity contribution >= 4 is 33.3 Å². The molecule has 0 radical (unpaired) electrons. The quantitative estimate of drug-likeness (QED) is 0.454. The summed E-state index contributed by atoms with van der Waals surface area (Å²) in [4.78, 5) is 12.8. The number of hydrogen-bond donors (Lipinski definition) is 2. The number of hydrogen-bond acceptors (Lipinski definition) is 6. The minimum atomic E-state index is -3.77. The Morgan fingerprint density at radius 3 is 2.70 bits per heavy atom. The van der Waals surface area contributed by atoms with Gasteiger partial charge < -0.3 is 14.6 Å². The number of anilines is 1. The number of methoxy groups -OCH3 is 1. The van der Waals surface area contributed by atoms with Gasteiger partial charge in [-0.25, -0.2) is 12.8 Å². The van der Waals surface area contributed by atoms with Crippen LogP contribution in [0.5, 0.6) is 5.75 Å². The molecule has 1 saturated heterocycles. The summed E-state index contributed by atoms with van der Waals surface area (Å²) in [6.07, 6.45) is 2.30. The number of sulfonamides is 1. The number of aryl methyl sites for hydroxylation is 1. The Balaban J connectivity index is 1.43. The van der Waals surface area contributed by atoms with Crippen molar-refractivity contribution in [3.63, 3.8) is 0 Å². The lowest BCUT2D eigenvalue weighted by Gasteiger charge is -2.43. The molecule has 2 fully saturated rings. The van der Waals surface area contributed by atoms with Gasteiger partial charge in [-0.15, -0.1) is 0 Å². The zero-order valence-electron chi connectivity index (χ0n) is 20.3. The molecule has 1 amide bonds. The van der Waals surface area contributed by atoms with Crippen LogP contribution in [0.15, 0.2) is 47.2 Å². The van der Waals surface area contributed by atoms with Crippen LogP contribution in [0.3, 0.4) is 0 Å². The van der Waals surface area contributed by atoms with Gasteiger partial charge in [-0.1, -0.05) is 22.8 Å². The van der Waals surface area contributed by atoms with Crippen molar-refractivity contribution in [3.05, 3.63) is 64.6 Å². The van der Waals surface area contributed by atoms with Gasteiger partial charge in [0.15, 0.2) is 5.82 Å². The van der Waals surface area contributed by atoms with Crippen LogP contribution in [0.4, 0.5) is 10.2 Å². The second-order valence-corrected chi connectivity index (χ2v) is 12.0. The molecular formula is C26H27ClFN3O5S. The van der Waals surface area contributed by atoms with E-state index in [1.165, 1.54) is 25.5 Å². The van der Waals surface area contributed by atoms with Crippen molar-refractivity contribution in [1.29, 1.82) is 0 Å². The summed E-state index contributed by atoms with van der Waals surface area (Å²) in [5.74, 6) is -0.868. The number of carbonyl (C=O) groups excluding carboxylic acids is 1. The fourth-order valence-corrected chi connectivity index (χ4v) is 7.21. The lowest BCUT2D eigenvalue weighted by atomic mass is 9.67. The Bertz CT molecular complexity index is 1430. The van der Waals surface area contributed by atoms with E-state index in [2.05, 4.69) is 15.2 Å². The first-order valence-corrected chi connectivity index (χ1v) is 13.9. The highest BCUT2D eigenvalue weighted by Gasteiger charge is 2.47. The van der Waals surface area contributed by atoms with Crippen LogP contribution in [0.2, 0.25) is 5.02 Å². The molecule has 2 aromatic carbocycles.